The smallest absolute Gasteiger partial charge is 0.419 e. The summed E-state index contributed by atoms with van der Waals surface area (Å²) in [7, 11) is 0. The number of ether oxygens (including phenoxy) is 1. The first kappa shape index (κ1) is 15.1. The Kier molecular flexibility index (Phi) is 3.93. The van der Waals surface area contributed by atoms with Crippen molar-refractivity contribution < 1.29 is 14.6 Å². The van der Waals surface area contributed by atoms with Gasteiger partial charge >= 0.3 is 6.09 Å². The van der Waals surface area contributed by atoms with Crippen LogP contribution in [0, 0.1) is 0 Å². The molecule has 5 heteroatoms. The lowest BCUT2D eigenvalue weighted by molar-refractivity contribution is 0.0544. The fourth-order valence-corrected chi connectivity index (χ4v) is 2.71. The van der Waals surface area contributed by atoms with E-state index in [0.29, 0.717) is 5.52 Å². The maximum atomic E-state index is 12.2. The Labute approximate surface area is 126 Å². The number of hydrogen-bond acceptors (Lipinski definition) is 3. The molecular formula is C15H18BrNO3. The summed E-state index contributed by atoms with van der Waals surface area (Å²) >= 11 is 3.45. The molecule has 0 spiro atoms. The minimum atomic E-state index is -0.607. The van der Waals surface area contributed by atoms with E-state index >= 15 is 0 Å². The van der Waals surface area contributed by atoms with Crippen LogP contribution in [0.3, 0.4) is 0 Å². The summed E-state index contributed by atoms with van der Waals surface area (Å²) in [6.07, 6.45) is 0.630. The summed E-state index contributed by atoms with van der Waals surface area (Å²) in [6.45, 7) is 7.18. The van der Waals surface area contributed by atoms with Gasteiger partial charge in [-0.05, 0) is 55.3 Å². The Bertz CT molecular complexity index is 653. The lowest BCUT2D eigenvalue weighted by Crippen LogP contribution is -2.26. The molecule has 20 heavy (non-hydrogen) atoms. The van der Waals surface area contributed by atoms with Crippen LogP contribution < -0.4 is 0 Å². The molecule has 0 saturated carbocycles. The van der Waals surface area contributed by atoms with E-state index in [1.54, 1.807) is 13.1 Å². The molecule has 1 heterocycles. The van der Waals surface area contributed by atoms with Crippen molar-refractivity contribution in [2.45, 2.75) is 39.4 Å². The molecule has 0 bridgehead atoms. The van der Waals surface area contributed by atoms with Crippen LogP contribution in [0.25, 0.3) is 10.9 Å². The second-order valence-electron chi connectivity index (χ2n) is 5.74. The molecule has 1 unspecified atom stereocenters. The van der Waals surface area contributed by atoms with E-state index in [9.17, 15) is 9.90 Å². The lowest BCUT2D eigenvalue weighted by Gasteiger charge is -2.19. The van der Waals surface area contributed by atoms with Gasteiger partial charge in [-0.1, -0.05) is 12.1 Å². The van der Waals surface area contributed by atoms with E-state index < -0.39 is 17.8 Å². The van der Waals surface area contributed by atoms with Gasteiger partial charge in [-0.25, -0.2) is 4.79 Å². The van der Waals surface area contributed by atoms with Crippen LogP contribution in [0.15, 0.2) is 28.9 Å². The third kappa shape index (κ3) is 2.88. The number of fused-ring (bicyclic) bond motifs is 1. The summed E-state index contributed by atoms with van der Waals surface area (Å²) in [4.78, 5) is 12.2. The molecule has 4 nitrogen and oxygen atoms in total. The van der Waals surface area contributed by atoms with Crippen molar-refractivity contribution in [2.24, 2.45) is 0 Å². The second kappa shape index (κ2) is 5.22. The molecule has 1 aromatic carbocycles. The summed E-state index contributed by atoms with van der Waals surface area (Å²) < 4.78 is 7.60. The molecular weight excluding hydrogens is 322 g/mol. The molecule has 0 aliphatic heterocycles. The van der Waals surface area contributed by atoms with Crippen LogP contribution in [0.1, 0.15) is 39.4 Å². The summed E-state index contributed by atoms with van der Waals surface area (Å²) in [5.74, 6) is 0. The van der Waals surface area contributed by atoms with Crippen LogP contribution in [-0.4, -0.2) is 21.4 Å². The van der Waals surface area contributed by atoms with Gasteiger partial charge in [0.2, 0.25) is 0 Å². The van der Waals surface area contributed by atoms with Crippen molar-refractivity contribution >= 4 is 32.9 Å². The fraction of sp³-hybridized carbons (Fsp3) is 0.400. The van der Waals surface area contributed by atoms with Crippen LogP contribution in [0.4, 0.5) is 4.79 Å². The summed E-state index contributed by atoms with van der Waals surface area (Å²) in [5, 5.41) is 10.7. The molecule has 0 aliphatic carbocycles. The van der Waals surface area contributed by atoms with Crippen LogP contribution in [0.2, 0.25) is 0 Å². The Morgan fingerprint density at radius 3 is 2.60 bits per heavy atom. The SMILES string of the molecule is CC(O)c1cccc2c1c(Br)cn2C(=O)OC(C)(C)C. The maximum absolute atomic E-state index is 12.2. The van der Waals surface area contributed by atoms with Gasteiger partial charge in [0.05, 0.1) is 11.6 Å². The van der Waals surface area contributed by atoms with Crippen molar-refractivity contribution in [2.75, 3.05) is 0 Å². The van der Waals surface area contributed by atoms with Crippen LogP contribution in [-0.2, 0) is 4.74 Å². The Morgan fingerprint density at radius 1 is 1.40 bits per heavy atom. The van der Waals surface area contributed by atoms with Gasteiger partial charge in [0.1, 0.15) is 5.60 Å². The molecule has 1 aromatic heterocycles. The minimum Gasteiger partial charge on any atom is -0.443 e. The number of halogens is 1. The number of carbonyl (C=O) groups is 1. The highest BCUT2D eigenvalue weighted by Crippen LogP contribution is 2.32. The van der Waals surface area contributed by atoms with Crippen molar-refractivity contribution in [1.82, 2.24) is 4.57 Å². The Balaban J connectivity index is 2.57. The largest absolute Gasteiger partial charge is 0.443 e. The zero-order valence-electron chi connectivity index (χ0n) is 12.0. The number of rotatable bonds is 1. The van der Waals surface area contributed by atoms with E-state index in [1.807, 2.05) is 39.0 Å². The standard InChI is InChI=1S/C15H18BrNO3/c1-9(18)10-6-5-7-12-13(10)11(16)8-17(12)14(19)20-15(2,3)4/h5-9,18H,1-4H3. The quantitative estimate of drug-likeness (QED) is 0.845. The first-order valence-electron chi connectivity index (χ1n) is 6.41. The molecule has 0 saturated heterocycles. The molecule has 2 rings (SSSR count). The number of benzene rings is 1. The number of aliphatic hydroxyl groups excluding tert-OH is 1. The van der Waals surface area contributed by atoms with E-state index in [0.717, 1.165) is 15.4 Å². The average molecular weight is 340 g/mol. The van der Waals surface area contributed by atoms with Crippen molar-refractivity contribution in [3.05, 3.63) is 34.4 Å². The minimum absolute atomic E-state index is 0.434. The third-order valence-electron chi connectivity index (χ3n) is 2.86. The first-order chi connectivity index (χ1) is 9.20. The predicted octanol–water partition coefficient (Wildman–Crippen LogP) is 4.24. The number of hydrogen-bond donors (Lipinski definition) is 1. The molecule has 0 aliphatic rings. The summed E-state index contributed by atoms with van der Waals surface area (Å²) in [5.41, 5.74) is 0.934. The van der Waals surface area contributed by atoms with Gasteiger partial charge in [0.15, 0.2) is 0 Å². The lowest BCUT2D eigenvalue weighted by atomic mass is 10.1. The number of aliphatic hydroxyl groups is 1. The normalized spacial score (nSPS) is 13.5. The van der Waals surface area contributed by atoms with Crippen molar-refractivity contribution in [3.8, 4) is 0 Å². The topological polar surface area (TPSA) is 51.5 Å². The van der Waals surface area contributed by atoms with Gasteiger partial charge in [-0.2, -0.15) is 0 Å². The first-order valence-corrected chi connectivity index (χ1v) is 7.21. The van der Waals surface area contributed by atoms with Gasteiger partial charge in [-0.15, -0.1) is 0 Å². The molecule has 1 N–H and O–H groups in total. The van der Waals surface area contributed by atoms with Crippen LogP contribution in [0.5, 0.6) is 0 Å². The van der Waals surface area contributed by atoms with E-state index in [4.69, 9.17) is 4.74 Å². The predicted molar refractivity (Wildman–Crippen MR) is 81.9 cm³/mol. The monoisotopic (exact) mass is 339 g/mol. The molecule has 2 aromatic rings. The van der Waals surface area contributed by atoms with Gasteiger partial charge in [0.25, 0.3) is 0 Å². The third-order valence-corrected chi connectivity index (χ3v) is 3.46. The number of nitrogens with zero attached hydrogens (tertiary/aromatic N) is 1. The van der Waals surface area contributed by atoms with Gasteiger partial charge < -0.3 is 9.84 Å². The van der Waals surface area contributed by atoms with E-state index in [-0.39, 0.29) is 0 Å². The molecule has 1 atom stereocenters. The number of carbonyl (C=O) groups excluding carboxylic acids is 1. The Morgan fingerprint density at radius 2 is 2.05 bits per heavy atom. The van der Waals surface area contributed by atoms with Gasteiger partial charge in [0, 0.05) is 16.1 Å². The average Bonchev–Trinajstić information content (AvgIpc) is 2.65. The zero-order chi connectivity index (χ0) is 15.1. The van der Waals surface area contributed by atoms with E-state index in [2.05, 4.69) is 15.9 Å². The van der Waals surface area contributed by atoms with E-state index in [1.165, 1.54) is 4.57 Å². The molecule has 0 fully saturated rings. The molecule has 0 radical (unpaired) electrons. The highest BCUT2D eigenvalue weighted by Gasteiger charge is 2.21. The fourth-order valence-electron chi connectivity index (χ4n) is 2.08. The Hall–Kier alpha value is -1.33. The zero-order valence-corrected chi connectivity index (χ0v) is 13.6. The van der Waals surface area contributed by atoms with Crippen molar-refractivity contribution in [3.63, 3.8) is 0 Å². The second-order valence-corrected chi connectivity index (χ2v) is 6.60. The maximum Gasteiger partial charge on any atom is 0.419 e. The molecule has 108 valence electrons. The summed E-state index contributed by atoms with van der Waals surface area (Å²) in [6, 6.07) is 5.49. The van der Waals surface area contributed by atoms with Crippen molar-refractivity contribution in [1.29, 1.82) is 0 Å². The van der Waals surface area contributed by atoms with Gasteiger partial charge in [-0.3, -0.25) is 4.57 Å². The van der Waals surface area contributed by atoms with Crippen LogP contribution >= 0.6 is 15.9 Å². The highest BCUT2D eigenvalue weighted by atomic mass is 79.9. The molecule has 0 amide bonds. The number of aromatic nitrogens is 1. The highest BCUT2D eigenvalue weighted by molar-refractivity contribution is 9.10.